The third-order valence-corrected chi connectivity index (χ3v) is 3.05. The Bertz CT molecular complexity index is 750. The van der Waals surface area contributed by atoms with E-state index in [9.17, 15) is 22.4 Å². The Kier molecular flexibility index (Phi) is 3.55. The third kappa shape index (κ3) is 3.47. The Hall–Kier alpha value is -2.49. The monoisotopic (exact) mass is 330 g/mol. The number of pyridine rings is 1. The van der Waals surface area contributed by atoms with Gasteiger partial charge < -0.3 is 9.88 Å². The molecule has 2 aromatic rings. The normalized spacial score (nSPS) is 19.6. The maximum atomic E-state index is 13.3. The highest BCUT2D eigenvalue weighted by Gasteiger charge is 2.52. The Balaban J connectivity index is 2.00. The molecule has 1 aliphatic heterocycles. The molecule has 0 aliphatic carbocycles. The quantitative estimate of drug-likeness (QED) is 0.851. The molecule has 1 N–H and O–H groups in total. The maximum absolute atomic E-state index is 13.3. The van der Waals surface area contributed by atoms with Crippen LogP contribution in [0.1, 0.15) is 0 Å². The van der Waals surface area contributed by atoms with Crippen LogP contribution >= 0.6 is 0 Å². The van der Waals surface area contributed by atoms with Crippen LogP contribution in [0.5, 0.6) is 0 Å². The van der Waals surface area contributed by atoms with Gasteiger partial charge in [-0.2, -0.15) is 17.6 Å². The van der Waals surface area contributed by atoms with E-state index < -0.39 is 30.9 Å². The predicted octanol–water partition coefficient (Wildman–Crippen LogP) is 1.85. The van der Waals surface area contributed by atoms with E-state index in [1.807, 2.05) is 0 Å². The molecule has 0 amide bonds. The highest BCUT2D eigenvalue weighted by Crippen LogP contribution is 2.35. The number of morpholine rings is 1. The minimum Gasteiger partial charge on any atom is -0.339 e. The molecule has 23 heavy (non-hydrogen) atoms. The zero-order valence-corrected chi connectivity index (χ0v) is 11.5. The van der Waals surface area contributed by atoms with Crippen LogP contribution in [0.15, 0.2) is 35.4 Å². The number of hydrogen-bond acceptors (Lipinski definition) is 5. The number of nitrogens with zero attached hydrogens (tertiary/aromatic N) is 3. The molecule has 0 saturated carbocycles. The first-order chi connectivity index (χ1) is 10.7. The Morgan fingerprint density at radius 3 is 2.35 bits per heavy atom. The van der Waals surface area contributed by atoms with Gasteiger partial charge in [-0.25, -0.2) is 4.98 Å². The zero-order valence-electron chi connectivity index (χ0n) is 11.5. The van der Waals surface area contributed by atoms with E-state index in [1.54, 1.807) is 0 Å². The number of nitrogens with one attached hydrogen (secondary N) is 1. The van der Waals surface area contributed by atoms with Gasteiger partial charge in [0.15, 0.2) is 0 Å². The molecule has 0 spiro atoms. The van der Waals surface area contributed by atoms with Crippen LogP contribution in [-0.4, -0.2) is 40.3 Å². The van der Waals surface area contributed by atoms with E-state index in [-0.39, 0.29) is 11.6 Å². The van der Waals surface area contributed by atoms with Gasteiger partial charge in [-0.1, -0.05) is 0 Å². The molecule has 6 nitrogen and oxygen atoms in total. The first-order valence-corrected chi connectivity index (χ1v) is 6.47. The lowest BCUT2D eigenvalue weighted by molar-refractivity contribution is -0.380. The number of aromatic nitrogens is 3. The molecule has 3 heterocycles. The molecule has 0 aromatic carbocycles. The summed E-state index contributed by atoms with van der Waals surface area (Å²) in [7, 11) is 0. The molecule has 1 fully saturated rings. The van der Waals surface area contributed by atoms with Crippen molar-refractivity contribution in [1.82, 2.24) is 15.0 Å². The second-order valence-electron chi connectivity index (χ2n) is 4.92. The number of H-pyrrole nitrogens is 1. The molecule has 0 unspecified atom stereocenters. The van der Waals surface area contributed by atoms with Gasteiger partial charge >= 0.3 is 12.2 Å². The number of hydrogen-bond donors (Lipinski definition) is 1. The summed E-state index contributed by atoms with van der Waals surface area (Å²) in [5.41, 5.74) is -0.189. The van der Waals surface area contributed by atoms with Crippen LogP contribution in [0.2, 0.25) is 0 Å². The van der Waals surface area contributed by atoms with Crippen molar-refractivity contribution in [3.05, 3.63) is 40.9 Å². The van der Waals surface area contributed by atoms with Gasteiger partial charge in [-0.15, -0.1) is 0 Å². The molecule has 3 rings (SSSR count). The first kappa shape index (κ1) is 15.4. The summed E-state index contributed by atoms with van der Waals surface area (Å²) < 4.78 is 56.6. The molecule has 0 radical (unpaired) electrons. The van der Waals surface area contributed by atoms with Gasteiger partial charge in [-0.3, -0.25) is 14.5 Å². The summed E-state index contributed by atoms with van der Waals surface area (Å²) in [6.45, 7) is -2.26. The maximum Gasteiger partial charge on any atom is 0.377 e. The van der Waals surface area contributed by atoms with E-state index in [2.05, 4.69) is 19.7 Å². The average molecular weight is 330 g/mol. The van der Waals surface area contributed by atoms with Crippen LogP contribution in [-0.2, 0) is 4.74 Å². The van der Waals surface area contributed by atoms with Gasteiger partial charge in [0, 0.05) is 24.0 Å². The largest absolute Gasteiger partial charge is 0.377 e. The van der Waals surface area contributed by atoms with Crippen LogP contribution in [0, 0.1) is 0 Å². The second kappa shape index (κ2) is 5.30. The van der Waals surface area contributed by atoms with Gasteiger partial charge in [0.25, 0.3) is 5.56 Å². The number of ether oxygens (including phenoxy) is 1. The van der Waals surface area contributed by atoms with Crippen LogP contribution in [0.3, 0.4) is 0 Å². The molecule has 10 heteroatoms. The van der Waals surface area contributed by atoms with Crippen molar-refractivity contribution in [2.45, 2.75) is 12.2 Å². The fraction of sp³-hybridized carbons (Fsp3) is 0.308. The fourth-order valence-corrected chi connectivity index (χ4v) is 2.20. The lowest BCUT2D eigenvalue weighted by Gasteiger charge is -2.37. The number of alkyl halides is 4. The van der Waals surface area contributed by atoms with Crippen molar-refractivity contribution < 1.29 is 22.3 Å². The molecule has 122 valence electrons. The number of rotatable bonds is 2. The lowest BCUT2D eigenvalue weighted by Crippen LogP contribution is -2.55. The van der Waals surface area contributed by atoms with E-state index in [4.69, 9.17) is 0 Å². The van der Waals surface area contributed by atoms with Crippen molar-refractivity contribution in [2.24, 2.45) is 0 Å². The van der Waals surface area contributed by atoms with Crippen LogP contribution in [0.4, 0.5) is 23.4 Å². The molecular formula is C13H10F4N4O2. The van der Waals surface area contributed by atoms with E-state index >= 15 is 0 Å². The van der Waals surface area contributed by atoms with Gasteiger partial charge in [-0.05, 0) is 12.1 Å². The van der Waals surface area contributed by atoms with Crippen molar-refractivity contribution in [1.29, 1.82) is 0 Å². The molecule has 0 atom stereocenters. The lowest BCUT2D eigenvalue weighted by atomic mass is 10.2. The highest BCUT2D eigenvalue weighted by atomic mass is 19.3. The topological polar surface area (TPSA) is 71.1 Å². The summed E-state index contributed by atoms with van der Waals surface area (Å²) in [5.74, 6) is -0.226. The SMILES string of the molecule is O=c1cc(N2CC(F)(F)OC(F)(F)C2)nc(-c2ccncc2)[nH]1. The first-order valence-electron chi connectivity index (χ1n) is 6.47. The van der Waals surface area contributed by atoms with Crippen molar-refractivity contribution in [2.75, 3.05) is 18.0 Å². The van der Waals surface area contributed by atoms with Crippen LogP contribution < -0.4 is 10.5 Å². The van der Waals surface area contributed by atoms with Crippen LogP contribution in [0.25, 0.3) is 11.4 Å². The van der Waals surface area contributed by atoms with Gasteiger partial charge in [0.2, 0.25) is 0 Å². The molecule has 1 aliphatic rings. The minimum absolute atomic E-state index is 0.0630. The van der Waals surface area contributed by atoms with E-state index in [0.717, 1.165) is 6.07 Å². The van der Waals surface area contributed by atoms with E-state index in [0.29, 0.717) is 10.5 Å². The van der Waals surface area contributed by atoms with Gasteiger partial charge in [0.1, 0.15) is 24.7 Å². The third-order valence-electron chi connectivity index (χ3n) is 3.05. The Morgan fingerprint density at radius 1 is 1.13 bits per heavy atom. The summed E-state index contributed by atoms with van der Waals surface area (Å²) in [5, 5.41) is 0. The van der Waals surface area contributed by atoms with Crippen molar-refractivity contribution in [3.8, 4) is 11.4 Å². The van der Waals surface area contributed by atoms with E-state index in [1.165, 1.54) is 24.5 Å². The van der Waals surface area contributed by atoms with Crippen molar-refractivity contribution >= 4 is 5.82 Å². The fourth-order valence-electron chi connectivity index (χ4n) is 2.20. The standard InChI is InChI=1S/C13H10F4N4O2/c14-12(15)6-21(7-13(16,17)23-12)9-5-10(22)20-11(19-9)8-1-3-18-4-2-8/h1-5H,6-7H2,(H,19,20,22). The minimum atomic E-state index is -4.05. The van der Waals surface area contributed by atoms with Gasteiger partial charge in [0.05, 0.1) is 0 Å². The smallest absolute Gasteiger partial charge is 0.339 e. The average Bonchev–Trinajstić information content (AvgIpc) is 2.44. The summed E-state index contributed by atoms with van der Waals surface area (Å²) in [4.78, 5) is 22.5. The number of aromatic amines is 1. The number of halogens is 4. The Labute approximate surface area is 126 Å². The Morgan fingerprint density at radius 2 is 1.74 bits per heavy atom. The predicted molar refractivity (Wildman–Crippen MR) is 71.3 cm³/mol. The molecule has 1 saturated heterocycles. The summed E-state index contributed by atoms with van der Waals surface area (Å²) in [6.07, 6.45) is -5.22. The molecule has 0 bridgehead atoms. The summed E-state index contributed by atoms with van der Waals surface area (Å²) in [6, 6.07) is 3.94. The second-order valence-corrected chi connectivity index (χ2v) is 4.92. The van der Waals surface area contributed by atoms with Crippen molar-refractivity contribution in [3.63, 3.8) is 0 Å². The number of anilines is 1. The molecule has 2 aromatic heterocycles. The zero-order chi connectivity index (χ0) is 16.7. The molecular weight excluding hydrogens is 320 g/mol. The highest BCUT2D eigenvalue weighted by molar-refractivity contribution is 5.56. The summed E-state index contributed by atoms with van der Waals surface area (Å²) >= 11 is 0.